The van der Waals surface area contributed by atoms with E-state index in [0.29, 0.717) is 0 Å². The van der Waals surface area contributed by atoms with Gasteiger partial charge in [-0.05, 0) is 6.92 Å². The first-order chi connectivity index (χ1) is 9.31. The molecule has 0 amide bonds. The zero-order valence-corrected chi connectivity index (χ0v) is 12.1. The smallest absolute Gasteiger partial charge is 0.123 e. The number of hydrogen-bond donors (Lipinski definition) is 1. The minimum Gasteiger partial charge on any atom is -0.344 e. The third-order valence-corrected chi connectivity index (χ3v) is 4.47. The number of thiazole rings is 1. The van der Waals surface area contributed by atoms with Crippen molar-refractivity contribution in [2.24, 2.45) is 0 Å². The van der Waals surface area contributed by atoms with E-state index < -0.39 is 0 Å². The van der Waals surface area contributed by atoms with E-state index >= 15 is 0 Å². The maximum Gasteiger partial charge on any atom is 0.123 e. The maximum absolute atomic E-state index is 4.77. The molecular formula is C15H20N3S+. The lowest BCUT2D eigenvalue weighted by Gasteiger charge is -2.23. The van der Waals surface area contributed by atoms with E-state index in [1.165, 1.54) is 43.0 Å². The van der Waals surface area contributed by atoms with Crippen molar-refractivity contribution in [2.45, 2.75) is 13.5 Å². The minimum absolute atomic E-state index is 0.996. The van der Waals surface area contributed by atoms with Crippen molar-refractivity contribution in [3.8, 4) is 10.6 Å². The Bertz CT molecular complexity index is 527. The van der Waals surface area contributed by atoms with Gasteiger partial charge in [0.05, 0.1) is 18.8 Å². The van der Waals surface area contributed by atoms with Gasteiger partial charge in [0.25, 0.3) is 0 Å². The fourth-order valence-electron chi connectivity index (χ4n) is 2.40. The van der Waals surface area contributed by atoms with E-state index in [2.05, 4.69) is 46.8 Å². The standard InChI is InChI=1S/C15H19N3S/c1-12-2-4-13(5-3-12)15-17-14(11-19-15)10-18-8-6-16-7-9-18/h2-5,11,16H,6-10H2,1H3/p+1. The fourth-order valence-corrected chi connectivity index (χ4v) is 3.22. The second kappa shape index (κ2) is 5.82. The molecule has 3 rings (SSSR count). The molecule has 2 N–H and O–H groups in total. The monoisotopic (exact) mass is 274 g/mol. The van der Waals surface area contributed by atoms with Crippen LogP contribution in [0.2, 0.25) is 0 Å². The quantitative estimate of drug-likeness (QED) is 0.920. The first-order valence-corrected chi connectivity index (χ1v) is 7.75. The predicted molar refractivity (Wildman–Crippen MR) is 79.2 cm³/mol. The summed E-state index contributed by atoms with van der Waals surface area (Å²) >= 11 is 1.75. The summed E-state index contributed by atoms with van der Waals surface area (Å²) in [6.07, 6.45) is 0. The molecule has 0 atom stereocenters. The molecule has 1 fully saturated rings. The molecule has 19 heavy (non-hydrogen) atoms. The summed E-state index contributed by atoms with van der Waals surface area (Å²) in [7, 11) is 0. The lowest BCUT2D eigenvalue weighted by molar-refractivity contribution is -0.663. The van der Waals surface area contributed by atoms with E-state index in [9.17, 15) is 0 Å². The summed E-state index contributed by atoms with van der Waals surface area (Å²) in [5, 5.41) is 5.72. The SMILES string of the molecule is Cc1ccc(-c2nc(CN3CC[NH2+]CC3)cs2)cc1. The van der Waals surface area contributed by atoms with E-state index in [1.54, 1.807) is 11.3 Å². The van der Waals surface area contributed by atoms with E-state index in [4.69, 9.17) is 4.98 Å². The van der Waals surface area contributed by atoms with Gasteiger partial charge in [0, 0.05) is 30.6 Å². The van der Waals surface area contributed by atoms with Crippen LogP contribution in [0.4, 0.5) is 0 Å². The highest BCUT2D eigenvalue weighted by molar-refractivity contribution is 7.13. The van der Waals surface area contributed by atoms with Crippen molar-refractivity contribution >= 4 is 11.3 Å². The molecule has 1 saturated heterocycles. The molecule has 0 unspecified atom stereocenters. The molecule has 0 spiro atoms. The molecule has 1 aromatic carbocycles. The molecule has 0 aliphatic carbocycles. The highest BCUT2D eigenvalue weighted by atomic mass is 32.1. The number of benzene rings is 1. The van der Waals surface area contributed by atoms with Crippen molar-refractivity contribution in [3.05, 3.63) is 40.9 Å². The summed E-state index contributed by atoms with van der Waals surface area (Å²) < 4.78 is 0. The molecule has 0 radical (unpaired) electrons. The topological polar surface area (TPSA) is 32.7 Å². The Hall–Kier alpha value is -1.23. The van der Waals surface area contributed by atoms with Gasteiger partial charge in [0.1, 0.15) is 5.01 Å². The van der Waals surface area contributed by atoms with Gasteiger partial charge in [-0.1, -0.05) is 29.8 Å². The van der Waals surface area contributed by atoms with Gasteiger partial charge in [-0.15, -0.1) is 11.3 Å². The molecule has 2 heterocycles. The molecule has 3 nitrogen and oxygen atoms in total. The normalized spacial score (nSPS) is 16.7. The number of quaternary nitrogens is 1. The fraction of sp³-hybridized carbons (Fsp3) is 0.400. The third-order valence-electron chi connectivity index (χ3n) is 3.53. The molecule has 4 heteroatoms. The van der Waals surface area contributed by atoms with Crippen LogP contribution < -0.4 is 5.32 Å². The molecule has 2 aromatic rings. The largest absolute Gasteiger partial charge is 0.344 e. The van der Waals surface area contributed by atoms with Crippen LogP contribution in [0, 0.1) is 6.92 Å². The van der Waals surface area contributed by atoms with Crippen LogP contribution in [0.25, 0.3) is 10.6 Å². The van der Waals surface area contributed by atoms with E-state index in [0.717, 1.165) is 11.6 Å². The first-order valence-electron chi connectivity index (χ1n) is 6.87. The summed E-state index contributed by atoms with van der Waals surface area (Å²) in [5.41, 5.74) is 3.74. The lowest BCUT2D eigenvalue weighted by Crippen LogP contribution is -2.89. The summed E-state index contributed by atoms with van der Waals surface area (Å²) in [5.74, 6) is 0. The van der Waals surface area contributed by atoms with Gasteiger partial charge in [-0.25, -0.2) is 4.98 Å². The van der Waals surface area contributed by atoms with E-state index in [1.807, 2.05) is 0 Å². The zero-order chi connectivity index (χ0) is 13.1. The summed E-state index contributed by atoms with van der Waals surface area (Å²) in [4.78, 5) is 7.26. The van der Waals surface area contributed by atoms with Crippen molar-refractivity contribution in [2.75, 3.05) is 26.2 Å². The average molecular weight is 274 g/mol. The highest BCUT2D eigenvalue weighted by Gasteiger charge is 2.14. The number of aromatic nitrogens is 1. The molecule has 1 aliphatic heterocycles. The zero-order valence-electron chi connectivity index (χ0n) is 11.3. The average Bonchev–Trinajstić information content (AvgIpc) is 2.89. The van der Waals surface area contributed by atoms with Crippen molar-refractivity contribution < 1.29 is 5.32 Å². The van der Waals surface area contributed by atoms with Crippen LogP contribution in [0.1, 0.15) is 11.3 Å². The number of aryl methyl sites for hydroxylation is 1. The van der Waals surface area contributed by atoms with Crippen LogP contribution in [-0.4, -0.2) is 36.1 Å². The third kappa shape index (κ3) is 3.21. The van der Waals surface area contributed by atoms with Crippen LogP contribution >= 0.6 is 11.3 Å². The Morgan fingerprint density at radius 1 is 1.21 bits per heavy atom. The Morgan fingerprint density at radius 3 is 2.68 bits per heavy atom. The predicted octanol–water partition coefficient (Wildman–Crippen LogP) is 1.50. The Labute approximate surface area is 118 Å². The van der Waals surface area contributed by atoms with Crippen molar-refractivity contribution in [3.63, 3.8) is 0 Å². The van der Waals surface area contributed by atoms with Crippen LogP contribution in [0.5, 0.6) is 0 Å². The van der Waals surface area contributed by atoms with Crippen LogP contribution in [0.3, 0.4) is 0 Å². The van der Waals surface area contributed by atoms with E-state index in [-0.39, 0.29) is 0 Å². The van der Waals surface area contributed by atoms with Gasteiger partial charge in [0.2, 0.25) is 0 Å². The number of nitrogens with two attached hydrogens (primary N) is 1. The minimum atomic E-state index is 0.996. The number of nitrogens with zero attached hydrogens (tertiary/aromatic N) is 2. The van der Waals surface area contributed by atoms with Crippen LogP contribution in [-0.2, 0) is 6.54 Å². The van der Waals surface area contributed by atoms with Gasteiger partial charge < -0.3 is 5.32 Å². The second-order valence-electron chi connectivity index (χ2n) is 5.15. The molecule has 100 valence electrons. The molecule has 0 saturated carbocycles. The summed E-state index contributed by atoms with van der Waals surface area (Å²) in [6, 6.07) is 8.62. The Morgan fingerprint density at radius 2 is 1.95 bits per heavy atom. The number of piperazine rings is 1. The first kappa shape index (κ1) is 12.8. The summed E-state index contributed by atoms with van der Waals surface area (Å²) in [6.45, 7) is 7.90. The van der Waals surface area contributed by atoms with Gasteiger partial charge in [0.15, 0.2) is 0 Å². The highest BCUT2D eigenvalue weighted by Crippen LogP contribution is 2.24. The van der Waals surface area contributed by atoms with Gasteiger partial charge in [-0.3, -0.25) is 4.90 Å². The lowest BCUT2D eigenvalue weighted by atomic mass is 10.2. The van der Waals surface area contributed by atoms with Crippen LogP contribution in [0.15, 0.2) is 29.6 Å². The second-order valence-corrected chi connectivity index (χ2v) is 6.01. The van der Waals surface area contributed by atoms with Crippen molar-refractivity contribution in [1.29, 1.82) is 0 Å². The number of hydrogen-bond acceptors (Lipinski definition) is 3. The Balaban J connectivity index is 1.70. The molecular weight excluding hydrogens is 254 g/mol. The molecule has 0 bridgehead atoms. The van der Waals surface area contributed by atoms with Gasteiger partial charge >= 0.3 is 0 Å². The molecule has 1 aromatic heterocycles. The molecule has 1 aliphatic rings. The Kier molecular flexibility index (Phi) is 3.92. The maximum atomic E-state index is 4.77. The van der Waals surface area contributed by atoms with Gasteiger partial charge in [-0.2, -0.15) is 0 Å². The van der Waals surface area contributed by atoms with Crippen molar-refractivity contribution in [1.82, 2.24) is 9.88 Å². The number of rotatable bonds is 3.